The van der Waals surface area contributed by atoms with Gasteiger partial charge in [-0.25, -0.2) is 0 Å². The minimum atomic E-state index is -0.799. The van der Waals surface area contributed by atoms with E-state index in [1.165, 1.54) is 19.1 Å². The Morgan fingerprint density at radius 1 is 1.00 bits per heavy atom. The number of carbonyl (C=O) groups is 2. The first-order valence-corrected chi connectivity index (χ1v) is 8.39. The van der Waals surface area contributed by atoms with Crippen molar-refractivity contribution in [1.29, 1.82) is 0 Å². The molecule has 0 bridgehead atoms. The monoisotopic (exact) mass is 400 g/mol. The lowest BCUT2D eigenvalue weighted by Crippen LogP contribution is -2.30. The summed E-state index contributed by atoms with van der Waals surface area (Å²) in [5.41, 5.74) is 0.936. The van der Waals surface area contributed by atoms with Crippen molar-refractivity contribution in [3.05, 3.63) is 51.5 Å². The molecule has 2 N–H and O–H groups in total. The van der Waals surface area contributed by atoms with Crippen molar-refractivity contribution in [2.24, 2.45) is 0 Å². The van der Waals surface area contributed by atoms with Crippen molar-refractivity contribution in [3.63, 3.8) is 0 Å². The molecule has 0 spiro atoms. The van der Waals surface area contributed by atoms with E-state index < -0.39 is 6.10 Å². The average Bonchev–Trinajstić information content (AvgIpc) is 2.52. The van der Waals surface area contributed by atoms with Crippen LogP contribution in [0.15, 0.2) is 36.4 Å². The molecule has 2 amide bonds. The summed E-state index contributed by atoms with van der Waals surface area (Å²) < 4.78 is 5.55. The summed E-state index contributed by atoms with van der Waals surface area (Å²) in [6, 6.07) is 9.50. The molecule has 2 aromatic rings. The normalized spacial score (nSPS) is 11.6. The SMILES string of the molecule is CC(=O)Nc1ccc(NC(=O)C(C)Oc2ccc(Cl)cc2Cl)cc1Cl. The number of rotatable bonds is 5. The number of benzene rings is 2. The highest BCUT2D eigenvalue weighted by Crippen LogP contribution is 2.29. The average molecular weight is 402 g/mol. The van der Waals surface area contributed by atoms with Crippen LogP contribution in [0.3, 0.4) is 0 Å². The molecule has 0 aliphatic heterocycles. The van der Waals surface area contributed by atoms with Crippen molar-refractivity contribution >= 4 is 58.0 Å². The van der Waals surface area contributed by atoms with Gasteiger partial charge in [-0.1, -0.05) is 34.8 Å². The second-order valence-corrected chi connectivity index (χ2v) is 6.45. The fourth-order valence-corrected chi connectivity index (χ4v) is 2.62. The van der Waals surface area contributed by atoms with Crippen molar-refractivity contribution in [1.82, 2.24) is 0 Å². The first-order valence-electron chi connectivity index (χ1n) is 7.26. The van der Waals surface area contributed by atoms with Crippen LogP contribution in [-0.2, 0) is 9.59 Å². The third kappa shape index (κ3) is 5.53. The van der Waals surface area contributed by atoms with Gasteiger partial charge < -0.3 is 15.4 Å². The predicted octanol–water partition coefficient (Wildman–Crippen LogP) is 5.01. The van der Waals surface area contributed by atoms with Gasteiger partial charge in [-0.3, -0.25) is 9.59 Å². The van der Waals surface area contributed by atoms with Gasteiger partial charge in [0.2, 0.25) is 5.91 Å². The molecular formula is C17H15Cl3N2O3. The van der Waals surface area contributed by atoms with Gasteiger partial charge in [0.05, 0.1) is 15.7 Å². The molecule has 0 aromatic heterocycles. The van der Waals surface area contributed by atoms with Crippen LogP contribution in [0.25, 0.3) is 0 Å². The Bertz CT molecular complexity index is 812. The Morgan fingerprint density at radius 2 is 1.72 bits per heavy atom. The van der Waals surface area contributed by atoms with Gasteiger partial charge in [0, 0.05) is 17.6 Å². The maximum atomic E-state index is 12.3. The molecule has 2 aromatic carbocycles. The van der Waals surface area contributed by atoms with Gasteiger partial charge >= 0.3 is 0 Å². The van der Waals surface area contributed by atoms with Crippen LogP contribution in [-0.4, -0.2) is 17.9 Å². The molecule has 8 heteroatoms. The quantitative estimate of drug-likeness (QED) is 0.740. The topological polar surface area (TPSA) is 67.4 Å². The second-order valence-electron chi connectivity index (χ2n) is 5.20. The van der Waals surface area contributed by atoms with E-state index in [1.807, 2.05) is 0 Å². The number of hydrogen-bond acceptors (Lipinski definition) is 3. The minimum Gasteiger partial charge on any atom is -0.479 e. The Labute approximate surface area is 160 Å². The summed E-state index contributed by atoms with van der Waals surface area (Å²) in [7, 11) is 0. The third-order valence-corrected chi connectivity index (χ3v) is 3.96. The number of anilines is 2. The van der Waals surface area contributed by atoms with Crippen LogP contribution in [0.5, 0.6) is 5.75 Å². The molecule has 0 saturated carbocycles. The highest BCUT2D eigenvalue weighted by Gasteiger charge is 2.17. The maximum Gasteiger partial charge on any atom is 0.265 e. The summed E-state index contributed by atoms with van der Waals surface area (Å²) in [4.78, 5) is 23.3. The third-order valence-electron chi connectivity index (χ3n) is 3.11. The van der Waals surface area contributed by atoms with E-state index in [4.69, 9.17) is 39.5 Å². The van der Waals surface area contributed by atoms with Crippen LogP contribution in [0, 0.1) is 0 Å². The Morgan fingerprint density at radius 3 is 2.32 bits per heavy atom. The van der Waals surface area contributed by atoms with E-state index in [9.17, 15) is 9.59 Å². The number of amides is 2. The molecule has 0 saturated heterocycles. The van der Waals surface area contributed by atoms with E-state index in [0.29, 0.717) is 32.2 Å². The molecule has 1 atom stereocenters. The molecular weight excluding hydrogens is 387 g/mol. The minimum absolute atomic E-state index is 0.236. The fourth-order valence-electron chi connectivity index (χ4n) is 1.94. The fraction of sp³-hybridized carbons (Fsp3) is 0.176. The molecule has 1 unspecified atom stereocenters. The second kappa shape index (κ2) is 8.43. The summed E-state index contributed by atoms with van der Waals surface area (Å²) >= 11 is 17.9. The number of ether oxygens (including phenoxy) is 1. The molecule has 0 fully saturated rings. The van der Waals surface area contributed by atoms with Crippen LogP contribution in [0.4, 0.5) is 11.4 Å². The van der Waals surface area contributed by atoms with Gasteiger partial charge in [0.15, 0.2) is 6.10 Å². The van der Waals surface area contributed by atoms with Crippen LogP contribution < -0.4 is 15.4 Å². The Balaban J connectivity index is 2.03. The highest BCUT2D eigenvalue weighted by molar-refractivity contribution is 6.35. The maximum absolute atomic E-state index is 12.3. The van der Waals surface area contributed by atoms with E-state index in [0.717, 1.165) is 0 Å². The van der Waals surface area contributed by atoms with Gasteiger partial charge in [0.25, 0.3) is 5.91 Å². The largest absolute Gasteiger partial charge is 0.479 e. The molecule has 2 rings (SSSR count). The molecule has 0 heterocycles. The van der Waals surface area contributed by atoms with Gasteiger partial charge in [-0.05, 0) is 43.3 Å². The van der Waals surface area contributed by atoms with E-state index >= 15 is 0 Å². The summed E-state index contributed by atoms with van der Waals surface area (Å²) in [6.07, 6.45) is -0.799. The predicted molar refractivity (Wildman–Crippen MR) is 101 cm³/mol. The zero-order valence-electron chi connectivity index (χ0n) is 13.4. The van der Waals surface area contributed by atoms with Crippen molar-refractivity contribution in [2.75, 3.05) is 10.6 Å². The lowest BCUT2D eigenvalue weighted by Gasteiger charge is -2.16. The van der Waals surface area contributed by atoms with Crippen molar-refractivity contribution < 1.29 is 14.3 Å². The van der Waals surface area contributed by atoms with E-state index in [2.05, 4.69) is 10.6 Å². The van der Waals surface area contributed by atoms with Crippen molar-refractivity contribution in [2.45, 2.75) is 20.0 Å². The summed E-state index contributed by atoms with van der Waals surface area (Å²) in [6.45, 7) is 2.97. The summed E-state index contributed by atoms with van der Waals surface area (Å²) in [5, 5.41) is 6.37. The summed E-state index contributed by atoms with van der Waals surface area (Å²) in [5.74, 6) is -0.261. The first kappa shape index (κ1) is 19.4. The molecule has 132 valence electrons. The number of hydrogen-bond donors (Lipinski definition) is 2. The van der Waals surface area contributed by atoms with Gasteiger partial charge in [0.1, 0.15) is 5.75 Å². The Kier molecular flexibility index (Phi) is 6.53. The standard InChI is InChI=1S/C17H15Cl3N2O3/c1-9(25-16-6-3-11(18)7-14(16)20)17(24)22-12-4-5-15(13(19)8-12)21-10(2)23/h3-9H,1-2H3,(H,21,23)(H,22,24). The molecule has 0 aliphatic carbocycles. The number of carbonyl (C=O) groups excluding carboxylic acids is 2. The lowest BCUT2D eigenvalue weighted by atomic mass is 10.2. The zero-order valence-corrected chi connectivity index (χ0v) is 15.7. The molecule has 0 aliphatic rings. The molecule has 25 heavy (non-hydrogen) atoms. The number of nitrogens with one attached hydrogen (secondary N) is 2. The molecule has 5 nitrogen and oxygen atoms in total. The van der Waals surface area contributed by atoms with Crippen LogP contribution in [0.2, 0.25) is 15.1 Å². The molecule has 0 radical (unpaired) electrons. The number of halogens is 3. The van der Waals surface area contributed by atoms with Gasteiger partial charge in [-0.2, -0.15) is 0 Å². The lowest BCUT2D eigenvalue weighted by molar-refractivity contribution is -0.122. The Hall–Kier alpha value is -1.95. The van der Waals surface area contributed by atoms with Crippen LogP contribution in [0.1, 0.15) is 13.8 Å². The first-order chi connectivity index (χ1) is 11.8. The van der Waals surface area contributed by atoms with Gasteiger partial charge in [-0.15, -0.1) is 0 Å². The van der Waals surface area contributed by atoms with Crippen molar-refractivity contribution in [3.8, 4) is 5.75 Å². The van der Waals surface area contributed by atoms with Crippen LogP contribution >= 0.6 is 34.8 Å². The van der Waals surface area contributed by atoms with E-state index in [-0.39, 0.29) is 11.8 Å². The smallest absolute Gasteiger partial charge is 0.265 e. The highest BCUT2D eigenvalue weighted by atomic mass is 35.5. The van der Waals surface area contributed by atoms with E-state index in [1.54, 1.807) is 31.2 Å². The zero-order chi connectivity index (χ0) is 18.6.